The van der Waals surface area contributed by atoms with Crippen molar-refractivity contribution >= 4 is 21.6 Å². The van der Waals surface area contributed by atoms with E-state index in [0.29, 0.717) is 49.8 Å². The van der Waals surface area contributed by atoms with Crippen molar-refractivity contribution in [2.24, 2.45) is 13.0 Å². The number of aryl methyl sites for hydroxylation is 1. The highest BCUT2D eigenvalue weighted by atomic mass is 32.2. The summed E-state index contributed by atoms with van der Waals surface area (Å²) in [7, 11) is -1.99. The largest absolute Gasteiger partial charge is 0.486 e. The lowest BCUT2D eigenvalue weighted by atomic mass is 9.98. The molecule has 1 saturated heterocycles. The van der Waals surface area contributed by atoms with Gasteiger partial charge in [-0.25, -0.2) is 13.4 Å². The number of carbonyl (C=O) groups is 1. The van der Waals surface area contributed by atoms with Crippen LogP contribution in [0.3, 0.4) is 0 Å². The summed E-state index contributed by atoms with van der Waals surface area (Å²) in [4.78, 5) is 16.7. The summed E-state index contributed by atoms with van der Waals surface area (Å²) >= 11 is 0. The quantitative estimate of drug-likeness (QED) is 0.819. The van der Waals surface area contributed by atoms with Crippen molar-refractivity contribution in [3.8, 4) is 11.5 Å². The maximum absolute atomic E-state index is 12.8. The number of nitrogens with one attached hydrogen (secondary N) is 1. The molecule has 2 aliphatic rings. The van der Waals surface area contributed by atoms with Gasteiger partial charge in [0, 0.05) is 38.1 Å². The van der Waals surface area contributed by atoms with Gasteiger partial charge in [-0.15, -0.1) is 0 Å². The molecule has 2 aliphatic heterocycles. The van der Waals surface area contributed by atoms with E-state index in [9.17, 15) is 13.2 Å². The third kappa shape index (κ3) is 3.69. The average molecular weight is 406 g/mol. The first-order valence-corrected chi connectivity index (χ1v) is 10.6. The zero-order valence-corrected chi connectivity index (χ0v) is 16.3. The topological polar surface area (TPSA) is 103 Å². The monoisotopic (exact) mass is 406 g/mol. The lowest BCUT2D eigenvalue weighted by Gasteiger charge is -2.30. The average Bonchev–Trinajstić information content (AvgIpc) is 3.15. The molecule has 1 fully saturated rings. The Bertz CT molecular complexity index is 988. The molecule has 1 amide bonds. The molecular formula is C18H22N4O5S. The van der Waals surface area contributed by atoms with E-state index in [2.05, 4.69) is 10.3 Å². The molecule has 150 valence electrons. The number of benzene rings is 1. The number of ether oxygens (including phenoxy) is 2. The number of nitrogens with zero attached hydrogens (tertiary/aromatic N) is 3. The molecule has 0 spiro atoms. The van der Waals surface area contributed by atoms with Crippen LogP contribution in [0.2, 0.25) is 0 Å². The minimum atomic E-state index is -3.71. The Morgan fingerprint density at radius 1 is 1.25 bits per heavy atom. The number of amides is 1. The van der Waals surface area contributed by atoms with E-state index in [1.165, 1.54) is 16.8 Å². The van der Waals surface area contributed by atoms with Gasteiger partial charge in [-0.05, 0) is 25.0 Å². The van der Waals surface area contributed by atoms with Gasteiger partial charge in [-0.1, -0.05) is 0 Å². The Labute approximate surface area is 163 Å². The number of anilines is 1. The maximum atomic E-state index is 12.8. The second-order valence-electron chi connectivity index (χ2n) is 6.93. The molecule has 1 aromatic carbocycles. The van der Waals surface area contributed by atoms with Gasteiger partial charge in [-0.2, -0.15) is 4.31 Å². The predicted octanol–water partition coefficient (Wildman–Crippen LogP) is 1.23. The van der Waals surface area contributed by atoms with Crippen molar-refractivity contribution in [2.75, 3.05) is 31.6 Å². The van der Waals surface area contributed by atoms with Crippen LogP contribution in [0.5, 0.6) is 11.5 Å². The second-order valence-corrected chi connectivity index (χ2v) is 8.81. The molecule has 10 heteroatoms. The van der Waals surface area contributed by atoms with Crippen molar-refractivity contribution in [1.82, 2.24) is 13.9 Å². The van der Waals surface area contributed by atoms with Crippen LogP contribution >= 0.6 is 0 Å². The maximum Gasteiger partial charge on any atom is 0.262 e. The molecule has 0 bridgehead atoms. The molecule has 2 aromatic rings. The summed E-state index contributed by atoms with van der Waals surface area (Å²) in [5.74, 6) is 0.597. The molecule has 1 N–H and O–H groups in total. The second kappa shape index (κ2) is 7.44. The number of fused-ring (bicyclic) bond motifs is 1. The normalized spacial score (nSPS) is 20.0. The Morgan fingerprint density at radius 3 is 2.79 bits per heavy atom. The molecule has 0 radical (unpaired) electrons. The Balaban J connectivity index is 1.45. The van der Waals surface area contributed by atoms with Crippen LogP contribution in [0.1, 0.15) is 12.8 Å². The van der Waals surface area contributed by atoms with Crippen LogP contribution in [-0.2, 0) is 21.9 Å². The zero-order valence-electron chi connectivity index (χ0n) is 15.5. The minimum Gasteiger partial charge on any atom is -0.486 e. The highest BCUT2D eigenvalue weighted by Gasteiger charge is 2.34. The van der Waals surface area contributed by atoms with E-state index in [1.807, 2.05) is 0 Å². The number of sulfonamides is 1. The van der Waals surface area contributed by atoms with Gasteiger partial charge in [0.15, 0.2) is 16.5 Å². The number of hydrogen-bond donors (Lipinski definition) is 1. The van der Waals surface area contributed by atoms with Crippen LogP contribution < -0.4 is 14.8 Å². The van der Waals surface area contributed by atoms with Gasteiger partial charge in [0.1, 0.15) is 13.2 Å². The van der Waals surface area contributed by atoms with Crippen molar-refractivity contribution in [3.05, 3.63) is 30.7 Å². The summed E-state index contributed by atoms with van der Waals surface area (Å²) in [6.45, 7) is 1.48. The molecule has 9 nitrogen and oxygen atoms in total. The van der Waals surface area contributed by atoms with E-state index < -0.39 is 15.9 Å². The number of rotatable bonds is 4. The zero-order chi connectivity index (χ0) is 19.7. The number of imidazole rings is 1. The van der Waals surface area contributed by atoms with Gasteiger partial charge in [0.05, 0.1) is 12.2 Å². The first kappa shape index (κ1) is 18.8. The molecule has 1 atom stereocenters. The van der Waals surface area contributed by atoms with Crippen LogP contribution in [0.15, 0.2) is 35.7 Å². The van der Waals surface area contributed by atoms with Crippen molar-refractivity contribution in [1.29, 1.82) is 0 Å². The van der Waals surface area contributed by atoms with E-state index in [-0.39, 0.29) is 17.5 Å². The van der Waals surface area contributed by atoms with Gasteiger partial charge in [0.2, 0.25) is 5.91 Å². The van der Waals surface area contributed by atoms with E-state index in [0.717, 1.165) is 0 Å². The Hall–Kier alpha value is -2.59. The summed E-state index contributed by atoms with van der Waals surface area (Å²) in [6.07, 6.45) is 4.16. The standard InChI is InChI=1S/C18H22N4O5S/c1-21-11-17(19-12-21)28(24,25)22-6-2-3-13(10-22)18(23)20-14-4-5-15-16(9-14)27-8-7-26-15/h4-5,9,11-13H,2-3,6-8,10H2,1H3,(H,20,23)/t13-/m0/s1. The molecule has 1 aromatic heterocycles. The summed E-state index contributed by atoms with van der Waals surface area (Å²) in [5, 5.41) is 2.86. The van der Waals surface area contributed by atoms with Crippen molar-refractivity contribution in [2.45, 2.75) is 17.9 Å². The minimum absolute atomic E-state index is 0.00268. The fraction of sp³-hybridized carbons (Fsp3) is 0.444. The van der Waals surface area contributed by atoms with Crippen LogP contribution in [-0.4, -0.2) is 54.5 Å². The molecule has 4 rings (SSSR count). The summed E-state index contributed by atoms with van der Waals surface area (Å²) < 4.78 is 39.5. The molecule has 0 aliphatic carbocycles. The van der Waals surface area contributed by atoms with Gasteiger partial charge < -0.3 is 19.4 Å². The highest BCUT2D eigenvalue weighted by molar-refractivity contribution is 7.89. The molecule has 3 heterocycles. The van der Waals surface area contributed by atoms with E-state index >= 15 is 0 Å². The van der Waals surface area contributed by atoms with E-state index in [1.54, 1.807) is 29.8 Å². The fourth-order valence-electron chi connectivity index (χ4n) is 3.39. The smallest absolute Gasteiger partial charge is 0.262 e. The van der Waals surface area contributed by atoms with Gasteiger partial charge >= 0.3 is 0 Å². The van der Waals surface area contributed by atoms with Crippen molar-refractivity contribution < 1.29 is 22.7 Å². The first-order chi connectivity index (χ1) is 13.4. The Kier molecular flexibility index (Phi) is 4.98. The van der Waals surface area contributed by atoms with Gasteiger partial charge in [0.25, 0.3) is 10.0 Å². The number of aromatic nitrogens is 2. The third-order valence-corrected chi connectivity index (χ3v) is 6.60. The van der Waals surface area contributed by atoms with Crippen molar-refractivity contribution in [3.63, 3.8) is 0 Å². The highest BCUT2D eigenvalue weighted by Crippen LogP contribution is 2.33. The van der Waals surface area contributed by atoms with Crippen LogP contribution in [0, 0.1) is 5.92 Å². The first-order valence-electron chi connectivity index (χ1n) is 9.12. The van der Waals surface area contributed by atoms with Crippen LogP contribution in [0.25, 0.3) is 0 Å². The third-order valence-electron chi connectivity index (χ3n) is 4.85. The molecular weight excluding hydrogens is 384 g/mol. The molecule has 0 unspecified atom stereocenters. The molecule has 28 heavy (non-hydrogen) atoms. The lowest BCUT2D eigenvalue weighted by molar-refractivity contribution is -0.120. The predicted molar refractivity (Wildman–Crippen MR) is 101 cm³/mol. The lowest BCUT2D eigenvalue weighted by Crippen LogP contribution is -2.43. The summed E-state index contributed by atoms with van der Waals surface area (Å²) in [6, 6.07) is 5.22. The number of hydrogen-bond acceptors (Lipinski definition) is 6. The Morgan fingerprint density at radius 2 is 2.04 bits per heavy atom. The number of piperidine rings is 1. The van der Waals surface area contributed by atoms with Crippen LogP contribution in [0.4, 0.5) is 5.69 Å². The summed E-state index contributed by atoms with van der Waals surface area (Å²) in [5.41, 5.74) is 0.596. The SMILES string of the molecule is Cn1cnc(S(=O)(=O)N2CCC[C@H](C(=O)Nc3ccc4c(c3)OCCO4)C2)c1. The van der Waals surface area contributed by atoms with E-state index in [4.69, 9.17) is 9.47 Å². The van der Waals surface area contributed by atoms with Gasteiger partial charge in [-0.3, -0.25) is 4.79 Å². The number of carbonyl (C=O) groups excluding carboxylic acids is 1. The molecule has 0 saturated carbocycles. The fourth-order valence-corrected chi connectivity index (χ4v) is 4.88.